The predicted octanol–water partition coefficient (Wildman–Crippen LogP) is 1.74. The van der Waals surface area contributed by atoms with Crippen LogP contribution >= 0.6 is 0 Å². The van der Waals surface area contributed by atoms with E-state index in [-0.39, 0.29) is 12.2 Å². The third-order valence-corrected chi connectivity index (χ3v) is 2.62. The summed E-state index contributed by atoms with van der Waals surface area (Å²) in [6, 6.07) is 8.05. The van der Waals surface area contributed by atoms with E-state index in [1.807, 2.05) is 18.2 Å². The highest BCUT2D eigenvalue weighted by atomic mass is 16.5. The molecule has 15 heavy (non-hydrogen) atoms. The highest BCUT2D eigenvalue weighted by Crippen LogP contribution is 2.24. The van der Waals surface area contributed by atoms with E-state index in [9.17, 15) is 0 Å². The first-order chi connectivity index (χ1) is 7.29. The molecule has 1 saturated heterocycles. The van der Waals surface area contributed by atoms with Crippen LogP contribution in [0.15, 0.2) is 24.3 Å². The van der Waals surface area contributed by atoms with Gasteiger partial charge in [-0.05, 0) is 24.6 Å². The summed E-state index contributed by atoms with van der Waals surface area (Å²) < 4.78 is 11.1. The highest BCUT2D eigenvalue weighted by Gasteiger charge is 2.20. The minimum Gasteiger partial charge on any atom is -0.497 e. The molecular formula is C12H17NO2. The standard InChI is InChI=1S/C12H17NO2/c1-9-7-13-8-12(15-9)10-4-3-5-11(6-10)14-2/h3-6,9,12-13H,7-8H2,1-2H3/t9-,12+/m1/s1. The molecule has 2 rings (SSSR count). The van der Waals surface area contributed by atoms with Crippen LogP contribution in [0.2, 0.25) is 0 Å². The largest absolute Gasteiger partial charge is 0.497 e. The van der Waals surface area contributed by atoms with Gasteiger partial charge in [-0.1, -0.05) is 12.1 Å². The summed E-state index contributed by atoms with van der Waals surface area (Å²) in [6.45, 7) is 3.89. The first-order valence-electron chi connectivity index (χ1n) is 5.29. The Labute approximate surface area is 90.4 Å². The van der Waals surface area contributed by atoms with E-state index in [4.69, 9.17) is 9.47 Å². The summed E-state index contributed by atoms with van der Waals surface area (Å²) in [5, 5.41) is 3.35. The van der Waals surface area contributed by atoms with E-state index in [0.717, 1.165) is 18.8 Å². The van der Waals surface area contributed by atoms with Crippen molar-refractivity contribution in [1.29, 1.82) is 0 Å². The molecule has 1 aromatic rings. The number of hydrogen-bond donors (Lipinski definition) is 1. The Morgan fingerprint density at radius 3 is 3.00 bits per heavy atom. The minimum atomic E-state index is 0.142. The van der Waals surface area contributed by atoms with E-state index in [2.05, 4.69) is 18.3 Å². The average Bonchev–Trinajstić information content (AvgIpc) is 2.29. The number of ether oxygens (including phenoxy) is 2. The van der Waals surface area contributed by atoms with Crippen LogP contribution < -0.4 is 10.1 Å². The summed E-state index contributed by atoms with van der Waals surface area (Å²) in [6.07, 6.45) is 0.416. The van der Waals surface area contributed by atoms with Gasteiger partial charge in [-0.25, -0.2) is 0 Å². The van der Waals surface area contributed by atoms with Crippen molar-refractivity contribution >= 4 is 0 Å². The van der Waals surface area contributed by atoms with Crippen LogP contribution in [-0.2, 0) is 4.74 Å². The van der Waals surface area contributed by atoms with Crippen molar-refractivity contribution in [3.05, 3.63) is 29.8 Å². The van der Waals surface area contributed by atoms with Crippen molar-refractivity contribution in [2.75, 3.05) is 20.2 Å². The molecule has 0 radical (unpaired) electrons. The van der Waals surface area contributed by atoms with E-state index >= 15 is 0 Å². The van der Waals surface area contributed by atoms with Gasteiger partial charge in [0.2, 0.25) is 0 Å². The zero-order valence-corrected chi connectivity index (χ0v) is 9.19. The van der Waals surface area contributed by atoms with E-state index in [0.29, 0.717) is 0 Å². The van der Waals surface area contributed by atoms with E-state index in [1.165, 1.54) is 5.56 Å². The maximum absolute atomic E-state index is 5.85. The third kappa shape index (κ3) is 2.49. The van der Waals surface area contributed by atoms with Gasteiger partial charge in [-0.15, -0.1) is 0 Å². The second-order valence-corrected chi connectivity index (χ2v) is 3.87. The van der Waals surface area contributed by atoms with E-state index in [1.54, 1.807) is 7.11 Å². The van der Waals surface area contributed by atoms with Crippen molar-refractivity contribution in [2.24, 2.45) is 0 Å². The number of rotatable bonds is 2. The normalized spacial score (nSPS) is 26.3. The number of nitrogens with one attached hydrogen (secondary N) is 1. The Morgan fingerprint density at radius 1 is 1.40 bits per heavy atom. The van der Waals surface area contributed by atoms with Gasteiger partial charge in [0, 0.05) is 13.1 Å². The maximum atomic E-state index is 5.85. The average molecular weight is 207 g/mol. The fourth-order valence-electron chi connectivity index (χ4n) is 1.83. The Bertz CT molecular complexity index is 327. The number of morpholine rings is 1. The van der Waals surface area contributed by atoms with Crippen LogP contribution in [0, 0.1) is 0 Å². The lowest BCUT2D eigenvalue weighted by molar-refractivity contribution is -0.0287. The second kappa shape index (κ2) is 4.64. The lowest BCUT2D eigenvalue weighted by atomic mass is 10.1. The van der Waals surface area contributed by atoms with Gasteiger partial charge >= 0.3 is 0 Å². The first kappa shape index (κ1) is 10.5. The minimum absolute atomic E-state index is 0.142. The van der Waals surface area contributed by atoms with Crippen molar-refractivity contribution in [3.8, 4) is 5.75 Å². The molecule has 1 heterocycles. The fraction of sp³-hybridized carbons (Fsp3) is 0.500. The number of methoxy groups -OCH3 is 1. The molecule has 1 aromatic carbocycles. The molecule has 1 aliphatic heterocycles. The van der Waals surface area contributed by atoms with Gasteiger partial charge < -0.3 is 14.8 Å². The van der Waals surface area contributed by atoms with Crippen LogP contribution in [-0.4, -0.2) is 26.3 Å². The zero-order chi connectivity index (χ0) is 10.7. The van der Waals surface area contributed by atoms with Crippen molar-refractivity contribution in [2.45, 2.75) is 19.1 Å². The Kier molecular flexibility index (Phi) is 3.23. The maximum Gasteiger partial charge on any atom is 0.119 e. The summed E-state index contributed by atoms with van der Waals surface area (Å²) >= 11 is 0. The molecule has 0 saturated carbocycles. The molecule has 0 spiro atoms. The van der Waals surface area contributed by atoms with Gasteiger partial charge in [-0.3, -0.25) is 0 Å². The van der Waals surface area contributed by atoms with Crippen molar-refractivity contribution < 1.29 is 9.47 Å². The monoisotopic (exact) mass is 207 g/mol. The molecule has 0 bridgehead atoms. The Morgan fingerprint density at radius 2 is 2.27 bits per heavy atom. The summed E-state index contributed by atoms with van der Waals surface area (Å²) in [5.74, 6) is 0.884. The van der Waals surface area contributed by atoms with Gasteiger partial charge in [0.25, 0.3) is 0 Å². The van der Waals surface area contributed by atoms with Crippen LogP contribution in [0.25, 0.3) is 0 Å². The van der Waals surface area contributed by atoms with Crippen molar-refractivity contribution in [1.82, 2.24) is 5.32 Å². The SMILES string of the molecule is COc1cccc([C@@H]2CNC[C@@H](C)O2)c1. The summed E-state index contributed by atoms with van der Waals surface area (Å²) in [4.78, 5) is 0. The molecule has 1 aliphatic rings. The lowest BCUT2D eigenvalue weighted by Crippen LogP contribution is -2.38. The molecule has 82 valence electrons. The Balaban J connectivity index is 2.13. The van der Waals surface area contributed by atoms with Crippen LogP contribution in [0.3, 0.4) is 0 Å². The van der Waals surface area contributed by atoms with Crippen molar-refractivity contribution in [3.63, 3.8) is 0 Å². The molecule has 0 amide bonds. The van der Waals surface area contributed by atoms with Gasteiger partial charge in [0.05, 0.1) is 19.3 Å². The van der Waals surface area contributed by atoms with Crippen LogP contribution in [0.4, 0.5) is 0 Å². The van der Waals surface area contributed by atoms with Crippen LogP contribution in [0.5, 0.6) is 5.75 Å². The van der Waals surface area contributed by atoms with E-state index < -0.39 is 0 Å². The van der Waals surface area contributed by atoms with Gasteiger partial charge in [0.1, 0.15) is 5.75 Å². The zero-order valence-electron chi connectivity index (χ0n) is 9.19. The topological polar surface area (TPSA) is 30.5 Å². The third-order valence-electron chi connectivity index (χ3n) is 2.62. The highest BCUT2D eigenvalue weighted by molar-refractivity contribution is 5.30. The molecule has 1 fully saturated rings. The lowest BCUT2D eigenvalue weighted by Gasteiger charge is -2.29. The molecule has 1 N–H and O–H groups in total. The second-order valence-electron chi connectivity index (χ2n) is 3.87. The molecular weight excluding hydrogens is 190 g/mol. The molecule has 0 aliphatic carbocycles. The van der Waals surface area contributed by atoms with Crippen LogP contribution in [0.1, 0.15) is 18.6 Å². The quantitative estimate of drug-likeness (QED) is 0.801. The predicted molar refractivity (Wildman–Crippen MR) is 59.2 cm³/mol. The molecule has 0 unspecified atom stereocenters. The Hall–Kier alpha value is -1.06. The first-order valence-corrected chi connectivity index (χ1v) is 5.29. The summed E-state index contributed by atoms with van der Waals surface area (Å²) in [7, 11) is 1.68. The summed E-state index contributed by atoms with van der Waals surface area (Å²) in [5.41, 5.74) is 1.17. The number of benzene rings is 1. The van der Waals surface area contributed by atoms with Gasteiger partial charge in [0.15, 0.2) is 0 Å². The smallest absolute Gasteiger partial charge is 0.119 e. The molecule has 3 heteroatoms. The molecule has 0 aromatic heterocycles. The molecule has 2 atom stereocenters. The number of hydrogen-bond acceptors (Lipinski definition) is 3. The molecule has 3 nitrogen and oxygen atoms in total. The van der Waals surface area contributed by atoms with Gasteiger partial charge in [-0.2, -0.15) is 0 Å². The fourth-order valence-corrected chi connectivity index (χ4v) is 1.83.